The molecular formula is C23H26N2O4. The number of benzene rings is 2. The van der Waals surface area contributed by atoms with Crippen LogP contribution < -0.4 is 19.5 Å². The lowest BCUT2D eigenvalue weighted by Crippen LogP contribution is -2.43. The first-order valence-corrected chi connectivity index (χ1v) is 9.79. The van der Waals surface area contributed by atoms with Gasteiger partial charge in [-0.1, -0.05) is 18.2 Å². The van der Waals surface area contributed by atoms with E-state index < -0.39 is 0 Å². The molecule has 29 heavy (non-hydrogen) atoms. The SMILES string of the molecule is COc1ccc(C2CC(=O)C3C(C)=Nc4ccccc4NC3C2)c(OC)c1OC. The molecule has 1 N–H and O–H groups in total. The average Bonchev–Trinajstić information content (AvgIpc) is 2.87. The lowest BCUT2D eigenvalue weighted by Gasteiger charge is -2.36. The summed E-state index contributed by atoms with van der Waals surface area (Å²) in [5, 5.41) is 3.58. The second-order valence-electron chi connectivity index (χ2n) is 7.53. The van der Waals surface area contributed by atoms with Gasteiger partial charge in [0, 0.05) is 23.7 Å². The molecule has 6 heteroatoms. The minimum atomic E-state index is -0.218. The van der Waals surface area contributed by atoms with Gasteiger partial charge >= 0.3 is 0 Å². The summed E-state index contributed by atoms with van der Waals surface area (Å²) in [7, 11) is 4.81. The number of nitrogens with one attached hydrogen (secondary N) is 1. The van der Waals surface area contributed by atoms with Gasteiger partial charge in [-0.15, -0.1) is 0 Å². The molecule has 3 unspecified atom stereocenters. The number of ketones is 1. The summed E-state index contributed by atoms with van der Waals surface area (Å²) in [5.74, 6) is 1.79. The summed E-state index contributed by atoms with van der Waals surface area (Å²) in [6.45, 7) is 1.96. The highest BCUT2D eigenvalue weighted by atomic mass is 16.5. The van der Waals surface area contributed by atoms with Crippen LogP contribution in [0, 0.1) is 5.92 Å². The fraction of sp³-hybridized carbons (Fsp3) is 0.391. The number of rotatable bonds is 4. The summed E-state index contributed by atoms with van der Waals surface area (Å²) >= 11 is 0. The van der Waals surface area contributed by atoms with Crippen molar-refractivity contribution in [2.24, 2.45) is 10.9 Å². The molecule has 2 aliphatic rings. The van der Waals surface area contributed by atoms with Crippen LogP contribution in [0.15, 0.2) is 41.4 Å². The molecule has 0 saturated heterocycles. The van der Waals surface area contributed by atoms with Crippen molar-refractivity contribution in [3.8, 4) is 17.2 Å². The van der Waals surface area contributed by atoms with Gasteiger partial charge in [0.25, 0.3) is 0 Å². The number of ether oxygens (including phenoxy) is 3. The van der Waals surface area contributed by atoms with Crippen LogP contribution in [-0.2, 0) is 4.79 Å². The van der Waals surface area contributed by atoms with Gasteiger partial charge in [-0.2, -0.15) is 0 Å². The molecule has 2 aromatic carbocycles. The largest absolute Gasteiger partial charge is 0.493 e. The van der Waals surface area contributed by atoms with Crippen LogP contribution in [-0.4, -0.2) is 38.9 Å². The van der Waals surface area contributed by atoms with E-state index in [0.717, 1.165) is 29.1 Å². The van der Waals surface area contributed by atoms with Gasteiger partial charge in [-0.3, -0.25) is 9.79 Å². The Morgan fingerprint density at radius 2 is 1.76 bits per heavy atom. The molecule has 3 atom stereocenters. The number of carbonyl (C=O) groups excluding carboxylic acids is 1. The van der Waals surface area contributed by atoms with Gasteiger partial charge in [0.1, 0.15) is 5.78 Å². The number of hydrogen-bond acceptors (Lipinski definition) is 6. The van der Waals surface area contributed by atoms with E-state index in [1.54, 1.807) is 21.3 Å². The van der Waals surface area contributed by atoms with Crippen LogP contribution in [0.3, 0.4) is 0 Å². The number of aliphatic imine (C=N–C) groups is 1. The molecule has 2 aromatic rings. The van der Waals surface area contributed by atoms with E-state index in [-0.39, 0.29) is 23.7 Å². The Labute approximate surface area is 170 Å². The van der Waals surface area contributed by atoms with E-state index in [2.05, 4.69) is 5.32 Å². The molecule has 1 fully saturated rings. The molecule has 1 aliphatic carbocycles. The third-order valence-electron chi connectivity index (χ3n) is 5.90. The Balaban J connectivity index is 1.72. The number of hydrogen-bond donors (Lipinski definition) is 1. The Morgan fingerprint density at radius 1 is 1.00 bits per heavy atom. The van der Waals surface area contributed by atoms with Gasteiger partial charge in [0.15, 0.2) is 11.5 Å². The van der Waals surface area contributed by atoms with E-state index in [9.17, 15) is 4.79 Å². The van der Waals surface area contributed by atoms with Crippen LogP contribution in [0.4, 0.5) is 11.4 Å². The summed E-state index contributed by atoms with van der Waals surface area (Å²) in [6.07, 6.45) is 1.24. The van der Waals surface area contributed by atoms with Gasteiger partial charge in [-0.25, -0.2) is 0 Å². The van der Waals surface area contributed by atoms with Gasteiger partial charge in [0.2, 0.25) is 5.75 Å². The minimum absolute atomic E-state index is 0.0177. The Kier molecular flexibility index (Phi) is 5.18. The van der Waals surface area contributed by atoms with Crippen molar-refractivity contribution >= 4 is 22.9 Å². The maximum absolute atomic E-state index is 13.2. The van der Waals surface area contributed by atoms with Gasteiger partial charge < -0.3 is 19.5 Å². The number of Topliss-reactive ketones (excluding diaryl/α,β-unsaturated/α-hetero) is 1. The predicted molar refractivity (Wildman–Crippen MR) is 113 cm³/mol. The zero-order valence-electron chi connectivity index (χ0n) is 17.2. The summed E-state index contributed by atoms with van der Waals surface area (Å²) < 4.78 is 16.6. The van der Waals surface area contributed by atoms with Crippen LogP contribution in [0.1, 0.15) is 31.2 Å². The highest BCUT2D eigenvalue weighted by Gasteiger charge is 2.41. The van der Waals surface area contributed by atoms with Crippen LogP contribution in [0.2, 0.25) is 0 Å². The summed E-state index contributed by atoms with van der Waals surface area (Å²) in [4.78, 5) is 17.9. The topological polar surface area (TPSA) is 69.2 Å². The van der Waals surface area contributed by atoms with Crippen LogP contribution >= 0.6 is 0 Å². The molecule has 0 spiro atoms. The fourth-order valence-corrected chi connectivity index (χ4v) is 4.62. The van der Waals surface area contributed by atoms with Crippen LogP contribution in [0.25, 0.3) is 0 Å². The Hall–Kier alpha value is -3.02. The molecule has 1 heterocycles. The van der Waals surface area contributed by atoms with Crippen molar-refractivity contribution in [3.63, 3.8) is 0 Å². The van der Waals surface area contributed by atoms with E-state index >= 15 is 0 Å². The van der Waals surface area contributed by atoms with E-state index in [0.29, 0.717) is 23.7 Å². The molecule has 152 valence electrons. The number of nitrogens with zero attached hydrogens (tertiary/aromatic N) is 1. The molecule has 1 aliphatic heterocycles. The molecule has 0 aromatic heterocycles. The maximum Gasteiger partial charge on any atom is 0.203 e. The molecule has 0 amide bonds. The molecule has 0 radical (unpaired) electrons. The van der Waals surface area contributed by atoms with Gasteiger partial charge in [-0.05, 0) is 37.5 Å². The second kappa shape index (κ2) is 7.78. The lowest BCUT2D eigenvalue weighted by atomic mass is 9.73. The number of anilines is 1. The predicted octanol–water partition coefficient (Wildman–Crippen LogP) is 4.36. The zero-order valence-corrected chi connectivity index (χ0v) is 17.2. The number of methoxy groups -OCH3 is 3. The van der Waals surface area contributed by atoms with Crippen molar-refractivity contribution < 1.29 is 19.0 Å². The van der Waals surface area contributed by atoms with Crippen molar-refractivity contribution in [2.45, 2.75) is 31.7 Å². The first kappa shape index (κ1) is 19.3. The lowest BCUT2D eigenvalue weighted by molar-refractivity contribution is -0.123. The van der Waals surface area contributed by atoms with Gasteiger partial charge in [0.05, 0.1) is 38.6 Å². The highest BCUT2D eigenvalue weighted by Crippen LogP contribution is 2.47. The van der Waals surface area contributed by atoms with Crippen molar-refractivity contribution in [2.75, 3.05) is 26.6 Å². The third-order valence-corrected chi connectivity index (χ3v) is 5.90. The maximum atomic E-state index is 13.2. The van der Waals surface area contributed by atoms with Crippen LogP contribution in [0.5, 0.6) is 17.2 Å². The summed E-state index contributed by atoms with van der Waals surface area (Å²) in [5.41, 5.74) is 3.68. The first-order valence-electron chi connectivity index (χ1n) is 9.79. The van der Waals surface area contributed by atoms with Crippen molar-refractivity contribution in [3.05, 3.63) is 42.0 Å². The standard InChI is InChI=1S/C23H26N2O4/c1-13-21-18(25-17-8-6-5-7-16(17)24-13)11-14(12-19(21)26)15-9-10-20(27-2)23(29-4)22(15)28-3/h5-10,14,18,21,25H,11-12H2,1-4H3. The van der Waals surface area contributed by atoms with Crippen molar-refractivity contribution in [1.29, 1.82) is 0 Å². The van der Waals surface area contributed by atoms with E-state index in [1.807, 2.05) is 43.3 Å². The molecule has 1 saturated carbocycles. The smallest absolute Gasteiger partial charge is 0.203 e. The number of para-hydroxylation sites is 2. The van der Waals surface area contributed by atoms with E-state index in [1.165, 1.54) is 0 Å². The fourth-order valence-electron chi connectivity index (χ4n) is 4.62. The Bertz CT molecular complexity index is 969. The van der Waals surface area contributed by atoms with E-state index in [4.69, 9.17) is 19.2 Å². The highest BCUT2D eigenvalue weighted by molar-refractivity contribution is 6.08. The monoisotopic (exact) mass is 394 g/mol. The summed E-state index contributed by atoms with van der Waals surface area (Å²) in [6, 6.07) is 11.8. The Morgan fingerprint density at radius 3 is 2.48 bits per heavy atom. The number of fused-ring (bicyclic) bond motifs is 2. The quantitative estimate of drug-likeness (QED) is 0.834. The van der Waals surface area contributed by atoms with Crippen molar-refractivity contribution in [1.82, 2.24) is 0 Å². The first-order chi connectivity index (χ1) is 14.1. The minimum Gasteiger partial charge on any atom is -0.493 e. The third kappa shape index (κ3) is 3.33. The molecule has 0 bridgehead atoms. The normalized spacial score (nSPS) is 23.1. The zero-order chi connectivity index (χ0) is 20.5. The average molecular weight is 394 g/mol. The molecule has 6 nitrogen and oxygen atoms in total. The second-order valence-corrected chi connectivity index (χ2v) is 7.53. The molecule has 4 rings (SSSR count). The molecular weight excluding hydrogens is 368 g/mol. The number of carbonyl (C=O) groups is 1.